The minimum atomic E-state index is 0.0335. The van der Waals surface area contributed by atoms with Crippen LogP contribution in [0.4, 0.5) is 0 Å². The van der Waals surface area contributed by atoms with Crippen molar-refractivity contribution >= 4 is 5.91 Å². The van der Waals surface area contributed by atoms with E-state index in [4.69, 9.17) is 5.26 Å². The van der Waals surface area contributed by atoms with E-state index in [0.717, 1.165) is 6.42 Å². The zero-order valence-electron chi connectivity index (χ0n) is 11.1. The molecule has 0 atom stereocenters. The van der Waals surface area contributed by atoms with Crippen LogP contribution in [0.3, 0.4) is 0 Å². The van der Waals surface area contributed by atoms with Crippen LogP contribution >= 0.6 is 0 Å². The first-order valence-electron chi connectivity index (χ1n) is 5.67. The van der Waals surface area contributed by atoms with Crippen LogP contribution in [0.1, 0.15) is 33.6 Å². The molecule has 0 saturated carbocycles. The van der Waals surface area contributed by atoms with E-state index in [9.17, 15) is 4.79 Å². The Morgan fingerprint density at radius 3 is 2.38 bits per heavy atom. The van der Waals surface area contributed by atoms with Crippen LogP contribution in [0, 0.1) is 11.3 Å². The molecule has 92 valence electrons. The van der Waals surface area contributed by atoms with Gasteiger partial charge in [0.2, 0.25) is 5.91 Å². The molecule has 0 aromatic carbocycles. The number of carbonyl (C=O) groups excluding carboxylic acids is 1. The summed E-state index contributed by atoms with van der Waals surface area (Å²) in [4.78, 5) is 15.5. The van der Waals surface area contributed by atoms with E-state index in [-0.39, 0.29) is 11.4 Å². The van der Waals surface area contributed by atoms with Crippen LogP contribution in [-0.4, -0.2) is 48.4 Å². The average molecular weight is 225 g/mol. The molecule has 0 heterocycles. The van der Waals surface area contributed by atoms with Crippen LogP contribution in [0.5, 0.6) is 0 Å². The lowest BCUT2D eigenvalue weighted by atomic mass is 10.00. The fourth-order valence-electron chi connectivity index (χ4n) is 1.15. The monoisotopic (exact) mass is 225 g/mol. The number of nitrogens with zero attached hydrogens (tertiary/aromatic N) is 3. The molecule has 0 rings (SSSR count). The molecule has 0 aromatic rings. The summed E-state index contributed by atoms with van der Waals surface area (Å²) in [7, 11) is 3.70. The summed E-state index contributed by atoms with van der Waals surface area (Å²) in [6.45, 7) is 7.27. The summed E-state index contributed by atoms with van der Waals surface area (Å²) in [5.41, 5.74) is 0.0335. The lowest BCUT2D eigenvalue weighted by Gasteiger charge is -2.35. The Hall–Kier alpha value is -1.08. The Balaban J connectivity index is 4.19. The molecular weight excluding hydrogens is 202 g/mol. The van der Waals surface area contributed by atoms with Gasteiger partial charge in [0.15, 0.2) is 0 Å². The highest BCUT2D eigenvalue weighted by Crippen LogP contribution is 2.15. The average Bonchev–Trinajstić information content (AvgIpc) is 2.25. The number of hydrogen-bond acceptors (Lipinski definition) is 3. The topological polar surface area (TPSA) is 47.3 Å². The summed E-state index contributed by atoms with van der Waals surface area (Å²) in [5, 5.41) is 8.45. The Labute approximate surface area is 98.8 Å². The fraction of sp³-hybridized carbons (Fsp3) is 0.833. The summed E-state index contributed by atoms with van der Waals surface area (Å²) in [6.07, 6.45) is 1.39. The van der Waals surface area contributed by atoms with Crippen LogP contribution in [0.15, 0.2) is 0 Å². The van der Waals surface area contributed by atoms with E-state index >= 15 is 0 Å². The number of amides is 1. The van der Waals surface area contributed by atoms with Gasteiger partial charge in [-0.1, -0.05) is 6.92 Å². The summed E-state index contributed by atoms with van der Waals surface area (Å²) in [6, 6.07) is 2.04. The van der Waals surface area contributed by atoms with Crippen molar-refractivity contribution in [2.24, 2.45) is 0 Å². The van der Waals surface area contributed by atoms with E-state index < -0.39 is 0 Å². The second kappa shape index (κ2) is 6.49. The van der Waals surface area contributed by atoms with Crippen LogP contribution in [0.2, 0.25) is 0 Å². The first-order valence-corrected chi connectivity index (χ1v) is 5.67. The summed E-state index contributed by atoms with van der Waals surface area (Å²) >= 11 is 0. The maximum absolute atomic E-state index is 11.8. The maximum atomic E-state index is 11.8. The van der Waals surface area contributed by atoms with E-state index in [0.29, 0.717) is 19.5 Å². The van der Waals surface area contributed by atoms with E-state index in [1.165, 1.54) is 0 Å². The molecule has 4 nitrogen and oxygen atoms in total. The van der Waals surface area contributed by atoms with Crippen LogP contribution in [-0.2, 0) is 4.79 Å². The van der Waals surface area contributed by atoms with Gasteiger partial charge in [-0.25, -0.2) is 0 Å². The van der Waals surface area contributed by atoms with Crippen LogP contribution in [0.25, 0.3) is 0 Å². The molecule has 0 fully saturated rings. The second-order valence-corrected chi connectivity index (χ2v) is 4.75. The van der Waals surface area contributed by atoms with E-state index in [1.54, 1.807) is 11.9 Å². The zero-order chi connectivity index (χ0) is 12.8. The number of likely N-dealkylation sites (N-methyl/N-ethyl adjacent to an activating group) is 2. The minimum Gasteiger partial charge on any atom is -0.344 e. The van der Waals surface area contributed by atoms with Crippen molar-refractivity contribution in [2.75, 3.05) is 27.2 Å². The molecule has 0 spiro atoms. The van der Waals surface area contributed by atoms with E-state index in [1.807, 2.05) is 13.1 Å². The largest absolute Gasteiger partial charge is 0.344 e. The molecular formula is C12H23N3O. The molecule has 0 saturated heterocycles. The lowest BCUT2D eigenvalue weighted by molar-refractivity contribution is -0.132. The third-order valence-corrected chi connectivity index (χ3v) is 3.26. The molecule has 0 N–H and O–H groups in total. The smallest absolute Gasteiger partial charge is 0.236 e. The highest BCUT2D eigenvalue weighted by Gasteiger charge is 2.23. The first kappa shape index (κ1) is 14.9. The van der Waals surface area contributed by atoms with Gasteiger partial charge >= 0.3 is 0 Å². The minimum absolute atomic E-state index is 0.0335. The van der Waals surface area contributed by atoms with Gasteiger partial charge in [-0.2, -0.15) is 5.26 Å². The molecule has 0 unspecified atom stereocenters. The summed E-state index contributed by atoms with van der Waals surface area (Å²) < 4.78 is 0. The third-order valence-electron chi connectivity index (χ3n) is 3.26. The number of nitriles is 1. The highest BCUT2D eigenvalue weighted by molar-refractivity contribution is 5.78. The molecule has 1 amide bonds. The highest BCUT2D eigenvalue weighted by atomic mass is 16.2. The standard InChI is InChI=1S/C12H23N3O/c1-6-12(2,3)15(5)10-11(16)14(4)9-7-8-13/h6-7,9-10H2,1-5H3. The van der Waals surface area contributed by atoms with Crippen molar-refractivity contribution in [3.8, 4) is 6.07 Å². The van der Waals surface area contributed by atoms with Gasteiger partial charge in [0.05, 0.1) is 19.0 Å². The van der Waals surface area contributed by atoms with Crippen LogP contribution < -0.4 is 0 Å². The molecule has 0 aliphatic carbocycles. The molecule has 0 bridgehead atoms. The molecule has 16 heavy (non-hydrogen) atoms. The fourth-order valence-corrected chi connectivity index (χ4v) is 1.15. The predicted octanol–water partition coefficient (Wildman–Crippen LogP) is 1.48. The third kappa shape index (κ3) is 4.63. The Bertz CT molecular complexity index is 268. The van der Waals surface area contributed by atoms with Gasteiger partial charge in [0.25, 0.3) is 0 Å². The maximum Gasteiger partial charge on any atom is 0.236 e. The quantitative estimate of drug-likeness (QED) is 0.688. The van der Waals surface area contributed by atoms with Crippen molar-refractivity contribution in [1.29, 1.82) is 5.26 Å². The Morgan fingerprint density at radius 2 is 1.94 bits per heavy atom. The second-order valence-electron chi connectivity index (χ2n) is 4.75. The van der Waals surface area contributed by atoms with Crippen molar-refractivity contribution in [1.82, 2.24) is 9.80 Å². The van der Waals surface area contributed by atoms with Crippen molar-refractivity contribution in [3.63, 3.8) is 0 Å². The number of rotatable bonds is 6. The van der Waals surface area contributed by atoms with E-state index in [2.05, 4.69) is 25.7 Å². The molecule has 4 heteroatoms. The van der Waals surface area contributed by atoms with Gasteiger partial charge in [0, 0.05) is 19.1 Å². The molecule has 0 aromatic heterocycles. The Kier molecular flexibility index (Phi) is 6.05. The van der Waals surface area contributed by atoms with Crippen molar-refractivity contribution < 1.29 is 4.79 Å². The number of carbonyl (C=O) groups is 1. The lowest BCUT2D eigenvalue weighted by Crippen LogP contribution is -2.46. The van der Waals surface area contributed by atoms with Gasteiger partial charge in [0.1, 0.15) is 0 Å². The van der Waals surface area contributed by atoms with Gasteiger partial charge in [-0.3, -0.25) is 9.69 Å². The van der Waals surface area contributed by atoms with Gasteiger partial charge < -0.3 is 4.90 Å². The molecule has 0 aliphatic rings. The Morgan fingerprint density at radius 1 is 1.38 bits per heavy atom. The van der Waals surface area contributed by atoms with Gasteiger partial charge in [-0.05, 0) is 27.3 Å². The molecule has 0 radical (unpaired) electrons. The van der Waals surface area contributed by atoms with Gasteiger partial charge in [-0.15, -0.1) is 0 Å². The SMILES string of the molecule is CCC(C)(C)N(C)CC(=O)N(C)CCC#N. The number of hydrogen-bond donors (Lipinski definition) is 0. The van der Waals surface area contributed by atoms with Crippen molar-refractivity contribution in [2.45, 2.75) is 39.2 Å². The first-order chi connectivity index (χ1) is 7.35. The zero-order valence-corrected chi connectivity index (χ0v) is 11.1. The van der Waals surface area contributed by atoms with Crippen molar-refractivity contribution in [3.05, 3.63) is 0 Å². The summed E-state index contributed by atoms with van der Waals surface area (Å²) in [5.74, 6) is 0.0688. The normalized spacial score (nSPS) is 11.3. The molecule has 0 aliphatic heterocycles. The predicted molar refractivity (Wildman–Crippen MR) is 64.9 cm³/mol.